The molecule has 0 radical (unpaired) electrons. The van der Waals surface area contributed by atoms with Crippen LogP contribution in [-0.4, -0.2) is 48.1 Å². The normalized spacial score (nSPS) is 37.4. The molecule has 2 aliphatic heterocycles. The van der Waals surface area contributed by atoms with Gasteiger partial charge in [0.1, 0.15) is 5.60 Å². The first kappa shape index (κ1) is 24.6. The molecule has 174 valence electrons. The largest absolute Gasteiger partial charge is 0.380 e. The second kappa shape index (κ2) is 11.2. The fraction of sp³-hybridized carbons (Fsp3) is 0.923. The molecule has 0 aromatic rings. The quantitative estimate of drug-likeness (QED) is 0.167. The topological polar surface area (TPSA) is 34.3 Å². The molecule has 0 aromatic heterocycles. The third kappa shape index (κ3) is 6.05. The van der Waals surface area contributed by atoms with Gasteiger partial charge >= 0.3 is 0 Å². The maximum atomic E-state index is 6.33. The van der Waals surface area contributed by atoms with Crippen LogP contribution in [0.1, 0.15) is 98.3 Å². The van der Waals surface area contributed by atoms with Crippen molar-refractivity contribution in [2.24, 2.45) is 5.92 Å². The maximum Gasteiger partial charge on any atom is 0.100 e. The molecule has 3 rings (SSSR count). The second-order valence-corrected chi connectivity index (χ2v) is 11.6. The van der Waals surface area contributed by atoms with Crippen molar-refractivity contribution in [1.29, 1.82) is 0 Å². The van der Waals surface area contributed by atoms with Crippen LogP contribution in [0.4, 0.5) is 0 Å². The summed E-state index contributed by atoms with van der Waals surface area (Å²) < 4.78 is 18.6. The van der Waals surface area contributed by atoms with E-state index < -0.39 is 0 Å². The van der Waals surface area contributed by atoms with Gasteiger partial charge in [-0.1, -0.05) is 63.5 Å². The van der Waals surface area contributed by atoms with E-state index in [0.717, 1.165) is 13.0 Å². The monoisotopic (exact) mass is 438 g/mol. The number of methoxy groups -OCH3 is 1. The number of allylic oxidation sites excluding steroid dienone is 1. The van der Waals surface area contributed by atoms with Gasteiger partial charge in [0.15, 0.2) is 0 Å². The summed E-state index contributed by atoms with van der Waals surface area (Å²) in [6.45, 7) is 9.82. The Kier molecular flexibility index (Phi) is 9.19. The van der Waals surface area contributed by atoms with E-state index in [9.17, 15) is 0 Å². The van der Waals surface area contributed by atoms with Crippen molar-refractivity contribution in [2.75, 3.05) is 19.5 Å². The minimum Gasteiger partial charge on any atom is -0.380 e. The first-order valence-corrected chi connectivity index (χ1v) is 13.6. The van der Waals surface area contributed by atoms with E-state index in [1.807, 2.05) is 7.11 Å². The van der Waals surface area contributed by atoms with Crippen molar-refractivity contribution in [2.45, 2.75) is 127 Å². The predicted molar refractivity (Wildman–Crippen MR) is 128 cm³/mol. The van der Waals surface area contributed by atoms with Gasteiger partial charge in [0.05, 0.1) is 24.4 Å². The van der Waals surface area contributed by atoms with Crippen molar-refractivity contribution in [3.63, 3.8) is 0 Å². The van der Waals surface area contributed by atoms with Crippen LogP contribution in [0.15, 0.2) is 11.6 Å². The SMILES string of the molecule is CCCCCCCCCCS[C@H]1CC[C@]2(CO2)[C@@H]([C@@]2(C)O[C@@H]2CC=C(C)C)[C@@H]1OC. The average molecular weight is 439 g/mol. The van der Waals surface area contributed by atoms with Gasteiger partial charge in [-0.25, -0.2) is 0 Å². The highest BCUT2D eigenvalue weighted by atomic mass is 32.2. The second-order valence-electron chi connectivity index (χ2n) is 10.3. The maximum absolute atomic E-state index is 6.33. The zero-order chi connectivity index (χ0) is 21.6. The molecule has 6 atom stereocenters. The number of thioether (sulfide) groups is 1. The summed E-state index contributed by atoms with van der Waals surface area (Å²) in [5.74, 6) is 1.62. The molecule has 0 unspecified atom stereocenters. The Morgan fingerprint density at radius 3 is 2.37 bits per heavy atom. The Balaban J connectivity index is 1.46. The lowest BCUT2D eigenvalue weighted by atomic mass is 9.69. The van der Waals surface area contributed by atoms with E-state index in [0.29, 0.717) is 17.3 Å². The molecule has 4 heteroatoms. The number of hydrogen-bond donors (Lipinski definition) is 0. The first-order valence-electron chi connectivity index (χ1n) is 12.6. The van der Waals surface area contributed by atoms with Gasteiger partial charge in [-0.3, -0.25) is 0 Å². The molecule has 0 amide bonds. The molecule has 2 saturated heterocycles. The first-order chi connectivity index (χ1) is 14.5. The Morgan fingerprint density at radius 1 is 1.10 bits per heavy atom. The van der Waals surface area contributed by atoms with Gasteiger partial charge in [-0.05, 0) is 52.2 Å². The van der Waals surface area contributed by atoms with Crippen LogP contribution in [0.3, 0.4) is 0 Å². The van der Waals surface area contributed by atoms with E-state index in [4.69, 9.17) is 14.2 Å². The van der Waals surface area contributed by atoms with Crippen LogP contribution in [0.2, 0.25) is 0 Å². The lowest BCUT2D eigenvalue weighted by molar-refractivity contribution is -0.0450. The molecular formula is C26H46O3S. The smallest absolute Gasteiger partial charge is 0.100 e. The highest BCUT2D eigenvalue weighted by molar-refractivity contribution is 7.99. The summed E-state index contributed by atoms with van der Waals surface area (Å²) in [7, 11) is 1.90. The molecule has 30 heavy (non-hydrogen) atoms. The van der Waals surface area contributed by atoms with Gasteiger partial charge in [0.25, 0.3) is 0 Å². The zero-order valence-corrected chi connectivity index (χ0v) is 21.0. The summed E-state index contributed by atoms with van der Waals surface area (Å²) in [4.78, 5) is 0. The fourth-order valence-corrected chi connectivity index (χ4v) is 7.01. The van der Waals surface area contributed by atoms with Crippen LogP contribution < -0.4 is 0 Å². The third-order valence-corrected chi connectivity index (χ3v) is 9.02. The highest BCUT2D eigenvalue weighted by Gasteiger charge is 2.71. The number of epoxide rings is 2. The summed E-state index contributed by atoms with van der Waals surface area (Å²) in [5, 5.41) is 0.574. The predicted octanol–water partition coefficient (Wildman–Crippen LogP) is 6.94. The van der Waals surface area contributed by atoms with E-state index in [2.05, 4.69) is 45.5 Å². The molecule has 3 fully saturated rings. The summed E-state index contributed by atoms with van der Waals surface area (Å²) in [6.07, 6.45) is 17.4. The summed E-state index contributed by atoms with van der Waals surface area (Å²) in [6, 6.07) is 0. The molecule has 3 aliphatic rings. The highest BCUT2D eigenvalue weighted by Crippen LogP contribution is 2.60. The molecule has 2 heterocycles. The fourth-order valence-electron chi connectivity index (χ4n) is 5.59. The zero-order valence-electron chi connectivity index (χ0n) is 20.2. The van der Waals surface area contributed by atoms with Crippen molar-refractivity contribution in [3.8, 4) is 0 Å². The number of rotatable bonds is 14. The molecule has 0 N–H and O–H groups in total. The van der Waals surface area contributed by atoms with Crippen LogP contribution in [0, 0.1) is 5.92 Å². The lowest BCUT2D eigenvalue weighted by Gasteiger charge is -2.43. The van der Waals surface area contributed by atoms with Crippen LogP contribution in [0.5, 0.6) is 0 Å². The summed E-state index contributed by atoms with van der Waals surface area (Å²) >= 11 is 2.15. The van der Waals surface area contributed by atoms with Gasteiger partial charge in [-0.2, -0.15) is 11.8 Å². The van der Waals surface area contributed by atoms with Gasteiger partial charge < -0.3 is 14.2 Å². The molecule has 1 spiro atoms. The van der Waals surface area contributed by atoms with Crippen molar-refractivity contribution < 1.29 is 14.2 Å². The molecule has 3 nitrogen and oxygen atoms in total. The number of unbranched alkanes of at least 4 members (excludes halogenated alkanes) is 7. The summed E-state index contributed by atoms with van der Waals surface area (Å²) in [5.41, 5.74) is 1.29. The molecule has 1 saturated carbocycles. The van der Waals surface area contributed by atoms with Gasteiger partial charge in [0, 0.05) is 18.3 Å². The van der Waals surface area contributed by atoms with Crippen molar-refractivity contribution >= 4 is 11.8 Å². The van der Waals surface area contributed by atoms with Crippen LogP contribution in [0.25, 0.3) is 0 Å². The molecule has 1 aliphatic carbocycles. The Labute approximate surface area is 190 Å². The van der Waals surface area contributed by atoms with Crippen molar-refractivity contribution in [3.05, 3.63) is 11.6 Å². The molecular weight excluding hydrogens is 392 g/mol. The van der Waals surface area contributed by atoms with Crippen LogP contribution in [-0.2, 0) is 14.2 Å². The van der Waals surface area contributed by atoms with E-state index in [-0.39, 0.29) is 17.3 Å². The minimum atomic E-state index is -0.0964. The third-order valence-electron chi connectivity index (χ3n) is 7.57. The van der Waals surface area contributed by atoms with E-state index in [1.165, 1.54) is 75.5 Å². The Bertz CT molecular complexity index is 554. The lowest BCUT2D eigenvalue weighted by Crippen LogP contribution is -2.53. The van der Waals surface area contributed by atoms with E-state index in [1.54, 1.807) is 0 Å². The van der Waals surface area contributed by atoms with Crippen LogP contribution >= 0.6 is 11.8 Å². The van der Waals surface area contributed by atoms with E-state index >= 15 is 0 Å². The van der Waals surface area contributed by atoms with Gasteiger partial charge in [0.2, 0.25) is 0 Å². The number of ether oxygens (including phenoxy) is 3. The minimum absolute atomic E-state index is 0.0186. The number of hydrogen-bond acceptors (Lipinski definition) is 4. The Morgan fingerprint density at radius 2 is 1.77 bits per heavy atom. The standard InChI is InChI=1S/C26H46O3S/c1-6-7-8-9-10-11-12-13-18-30-21-16-17-26(19-28-26)24(23(21)27-5)25(4)22(29-25)15-14-20(2)3/h14,21-24H,6-13,15-19H2,1-5H3/t21-,22+,23+,24+,25-,26-/m0/s1. The molecule has 0 aromatic carbocycles. The molecule has 0 bridgehead atoms. The van der Waals surface area contributed by atoms with Crippen molar-refractivity contribution in [1.82, 2.24) is 0 Å². The van der Waals surface area contributed by atoms with Gasteiger partial charge in [-0.15, -0.1) is 0 Å². The average Bonchev–Trinajstić information content (AvgIpc) is 3.63. The Hall–Kier alpha value is -0.0300.